The van der Waals surface area contributed by atoms with Gasteiger partial charge in [0, 0.05) is 23.9 Å². The summed E-state index contributed by atoms with van der Waals surface area (Å²) in [4.78, 5) is 26.0. The maximum atomic E-state index is 12.0. The smallest absolute Gasteiger partial charge is 0.269 e. The van der Waals surface area contributed by atoms with E-state index in [0.29, 0.717) is 30.3 Å². The van der Waals surface area contributed by atoms with E-state index < -0.39 is 4.92 Å². The van der Waals surface area contributed by atoms with Crippen molar-refractivity contribution in [3.8, 4) is 11.5 Å². The van der Waals surface area contributed by atoms with Gasteiger partial charge in [0.05, 0.1) is 11.5 Å². The molecule has 3 aromatic rings. The van der Waals surface area contributed by atoms with Crippen molar-refractivity contribution in [1.82, 2.24) is 14.8 Å². The Hall–Kier alpha value is -3.95. The van der Waals surface area contributed by atoms with Crippen LogP contribution in [0.15, 0.2) is 61.2 Å². The fourth-order valence-corrected chi connectivity index (χ4v) is 2.28. The summed E-state index contributed by atoms with van der Waals surface area (Å²) in [6.45, 7) is 0.735. The molecule has 0 saturated carbocycles. The Morgan fingerprint density at radius 1 is 1.14 bits per heavy atom. The van der Waals surface area contributed by atoms with E-state index in [1.54, 1.807) is 35.3 Å². The molecule has 1 aromatic heterocycles. The predicted octanol–water partition coefficient (Wildman–Crippen LogP) is 2.28. The van der Waals surface area contributed by atoms with Crippen LogP contribution >= 0.6 is 0 Å². The molecule has 0 unspecified atom stereocenters. The predicted molar refractivity (Wildman–Crippen MR) is 99.2 cm³/mol. The van der Waals surface area contributed by atoms with Crippen LogP contribution in [0.2, 0.25) is 0 Å². The van der Waals surface area contributed by atoms with Crippen LogP contribution in [0.5, 0.6) is 11.5 Å². The first kappa shape index (κ1) is 18.8. The van der Waals surface area contributed by atoms with E-state index in [2.05, 4.69) is 15.4 Å². The van der Waals surface area contributed by atoms with Crippen LogP contribution in [0.1, 0.15) is 0 Å². The lowest BCUT2D eigenvalue weighted by Crippen LogP contribution is -2.20. The third-order valence-corrected chi connectivity index (χ3v) is 3.59. The topological polar surface area (TPSA) is 121 Å². The van der Waals surface area contributed by atoms with Crippen LogP contribution in [0, 0.1) is 10.1 Å². The summed E-state index contributed by atoms with van der Waals surface area (Å²) in [7, 11) is 0. The van der Waals surface area contributed by atoms with Crippen LogP contribution in [0.3, 0.4) is 0 Å². The van der Waals surface area contributed by atoms with Gasteiger partial charge in [0.1, 0.15) is 30.8 Å². The molecule has 2 aromatic carbocycles. The van der Waals surface area contributed by atoms with E-state index in [4.69, 9.17) is 9.47 Å². The van der Waals surface area contributed by atoms with E-state index in [9.17, 15) is 14.9 Å². The van der Waals surface area contributed by atoms with Crippen molar-refractivity contribution in [2.45, 2.75) is 6.54 Å². The van der Waals surface area contributed by atoms with Crippen LogP contribution < -0.4 is 14.8 Å². The highest BCUT2D eigenvalue weighted by Gasteiger charge is 2.07. The fraction of sp³-hybridized carbons (Fsp3) is 0.167. The highest BCUT2D eigenvalue weighted by molar-refractivity contribution is 5.92. The van der Waals surface area contributed by atoms with Gasteiger partial charge in [-0.2, -0.15) is 5.10 Å². The van der Waals surface area contributed by atoms with E-state index in [-0.39, 0.29) is 18.2 Å². The molecule has 0 aliphatic heterocycles. The summed E-state index contributed by atoms with van der Waals surface area (Å²) in [5, 5.41) is 17.3. The Balaban J connectivity index is 1.46. The molecule has 3 rings (SSSR count). The Morgan fingerprint density at radius 2 is 1.96 bits per heavy atom. The normalized spacial score (nSPS) is 10.3. The van der Waals surface area contributed by atoms with Gasteiger partial charge in [-0.1, -0.05) is 6.07 Å². The molecular weight excluding hydrogens is 366 g/mol. The minimum Gasteiger partial charge on any atom is -0.492 e. The second-order valence-corrected chi connectivity index (χ2v) is 5.62. The third-order valence-electron chi connectivity index (χ3n) is 3.59. The van der Waals surface area contributed by atoms with Crippen molar-refractivity contribution >= 4 is 17.3 Å². The Kier molecular flexibility index (Phi) is 6.13. The Labute approximate surface area is 159 Å². The zero-order valence-electron chi connectivity index (χ0n) is 14.7. The number of benzene rings is 2. The van der Waals surface area contributed by atoms with Gasteiger partial charge >= 0.3 is 0 Å². The summed E-state index contributed by atoms with van der Waals surface area (Å²) < 4.78 is 12.6. The summed E-state index contributed by atoms with van der Waals surface area (Å²) in [6, 6.07) is 12.5. The van der Waals surface area contributed by atoms with Gasteiger partial charge in [0.15, 0.2) is 6.61 Å². The number of nitro groups is 1. The maximum absolute atomic E-state index is 12.0. The van der Waals surface area contributed by atoms with Crippen LogP contribution in [0.4, 0.5) is 11.4 Å². The molecule has 1 N–H and O–H groups in total. The molecule has 0 saturated heterocycles. The number of carbonyl (C=O) groups excluding carboxylic acids is 1. The molecule has 0 fully saturated rings. The zero-order valence-corrected chi connectivity index (χ0v) is 14.7. The van der Waals surface area contributed by atoms with E-state index >= 15 is 0 Å². The lowest BCUT2D eigenvalue weighted by atomic mass is 10.3. The monoisotopic (exact) mass is 383 g/mol. The molecule has 0 aliphatic carbocycles. The quantitative estimate of drug-likeness (QED) is 0.444. The van der Waals surface area contributed by atoms with Crippen LogP contribution in [-0.2, 0) is 11.3 Å². The average molecular weight is 383 g/mol. The largest absolute Gasteiger partial charge is 0.492 e. The van der Waals surface area contributed by atoms with Gasteiger partial charge in [-0.3, -0.25) is 14.9 Å². The number of non-ortho nitro benzene ring substituents is 1. The van der Waals surface area contributed by atoms with E-state index in [0.717, 1.165) is 0 Å². The summed E-state index contributed by atoms with van der Waals surface area (Å²) in [5.74, 6) is 0.610. The number of hydrogen-bond acceptors (Lipinski definition) is 7. The molecule has 0 atom stereocenters. The van der Waals surface area contributed by atoms with Crippen molar-refractivity contribution < 1.29 is 19.2 Å². The molecule has 10 heteroatoms. The van der Waals surface area contributed by atoms with Crippen molar-refractivity contribution in [2.75, 3.05) is 18.5 Å². The maximum Gasteiger partial charge on any atom is 0.269 e. The van der Waals surface area contributed by atoms with Crippen molar-refractivity contribution in [3.05, 3.63) is 71.3 Å². The number of hydrogen-bond donors (Lipinski definition) is 1. The molecule has 144 valence electrons. The first-order valence-electron chi connectivity index (χ1n) is 8.32. The molecule has 0 bridgehead atoms. The third kappa shape index (κ3) is 5.53. The first-order valence-corrected chi connectivity index (χ1v) is 8.32. The Morgan fingerprint density at radius 3 is 2.68 bits per heavy atom. The second kappa shape index (κ2) is 9.12. The molecule has 0 radical (unpaired) electrons. The lowest BCUT2D eigenvalue weighted by molar-refractivity contribution is -0.384. The summed E-state index contributed by atoms with van der Waals surface area (Å²) in [5.41, 5.74) is 0.521. The van der Waals surface area contributed by atoms with E-state index in [1.807, 2.05) is 0 Å². The van der Waals surface area contributed by atoms with Gasteiger partial charge in [0.25, 0.3) is 11.6 Å². The van der Waals surface area contributed by atoms with Gasteiger partial charge in [-0.15, -0.1) is 0 Å². The van der Waals surface area contributed by atoms with Crippen molar-refractivity contribution in [1.29, 1.82) is 0 Å². The zero-order chi connectivity index (χ0) is 19.8. The summed E-state index contributed by atoms with van der Waals surface area (Å²) >= 11 is 0. The SMILES string of the molecule is O=C(COc1ccc([N+](=O)[O-])cc1)Nc1cccc(OCCn2cncn2)c1. The van der Waals surface area contributed by atoms with Gasteiger partial charge < -0.3 is 14.8 Å². The van der Waals surface area contributed by atoms with Crippen molar-refractivity contribution in [3.63, 3.8) is 0 Å². The molecular formula is C18H17N5O5. The fourth-order valence-electron chi connectivity index (χ4n) is 2.28. The number of nitrogens with one attached hydrogen (secondary N) is 1. The van der Waals surface area contributed by atoms with Crippen molar-refractivity contribution in [2.24, 2.45) is 0 Å². The lowest BCUT2D eigenvalue weighted by Gasteiger charge is -2.10. The summed E-state index contributed by atoms with van der Waals surface area (Å²) in [6.07, 6.45) is 3.06. The second-order valence-electron chi connectivity index (χ2n) is 5.62. The minimum atomic E-state index is -0.502. The van der Waals surface area contributed by atoms with Crippen LogP contribution in [-0.4, -0.2) is 38.8 Å². The average Bonchev–Trinajstić information content (AvgIpc) is 3.20. The number of rotatable bonds is 9. The van der Waals surface area contributed by atoms with Gasteiger partial charge in [0.2, 0.25) is 0 Å². The van der Waals surface area contributed by atoms with E-state index in [1.165, 1.54) is 30.6 Å². The highest BCUT2D eigenvalue weighted by atomic mass is 16.6. The number of amides is 1. The van der Waals surface area contributed by atoms with Gasteiger partial charge in [-0.25, -0.2) is 9.67 Å². The number of anilines is 1. The molecule has 1 heterocycles. The first-order chi connectivity index (χ1) is 13.6. The molecule has 10 nitrogen and oxygen atoms in total. The Bertz CT molecular complexity index is 928. The number of carbonyl (C=O) groups is 1. The molecule has 28 heavy (non-hydrogen) atoms. The van der Waals surface area contributed by atoms with Gasteiger partial charge in [-0.05, 0) is 24.3 Å². The number of nitrogens with zero attached hydrogens (tertiary/aromatic N) is 4. The standard InChI is InChI=1S/C18H17N5O5/c24-18(11-28-16-6-4-15(5-7-16)23(25)26)21-14-2-1-3-17(10-14)27-9-8-22-13-19-12-20-22/h1-7,10,12-13H,8-9,11H2,(H,21,24). The van der Waals surface area contributed by atoms with Crippen LogP contribution in [0.25, 0.3) is 0 Å². The number of aromatic nitrogens is 3. The molecule has 1 amide bonds. The number of ether oxygens (including phenoxy) is 2. The molecule has 0 aliphatic rings. The molecule has 0 spiro atoms. The number of nitro benzene ring substituents is 1. The minimum absolute atomic E-state index is 0.0440. The highest BCUT2D eigenvalue weighted by Crippen LogP contribution is 2.19.